The van der Waals surface area contributed by atoms with Gasteiger partial charge in [-0.25, -0.2) is 9.97 Å². The molecule has 0 radical (unpaired) electrons. The van der Waals surface area contributed by atoms with E-state index in [2.05, 4.69) is 55.1 Å². The van der Waals surface area contributed by atoms with E-state index in [-0.39, 0.29) is 12.5 Å². The third-order valence-corrected chi connectivity index (χ3v) is 6.56. The Bertz CT molecular complexity index is 900. The number of hydrogen-bond donors (Lipinski definition) is 4. The lowest BCUT2D eigenvalue weighted by Gasteiger charge is -2.30. The zero-order valence-electron chi connectivity index (χ0n) is 18.8. The Kier molecular flexibility index (Phi) is 7.68. The number of fused-ring (bicyclic) bond motifs is 1. The van der Waals surface area contributed by atoms with Gasteiger partial charge in [0.15, 0.2) is 0 Å². The molecule has 0 unspecified atom stereocenters. The first-order chi connectivity index (χ1) is 15.6. The number of benzene rings is 1. The Balaban J connectivity index is 1.23. The Morgan fingerprint density at radius 3 is 2.69 bits per heavy atom. The van der Waals surface area contributed by atoms with E-state index in [4.69, 9.17) is 0 Å². The second-order valence-electron chi connectivity index (χ2n) is 8.89. The Morgan fingerprint density at radius 1 is 1.16 bits per heavy atom. The van der Waals surface area contributed by atoms with E-state index >= 15 is 0 Å². The first-order valence-corrected chi connectivity index (χ1v) is 11.6. The molecule has 1 aromatic heterocycles. The van der Waals surface area contributed by atoms with Gasteiger partial charge in [0.2, 0.25) is 0 Å². The molecule has 4 rings (SSSR count). The third kappa shape index (κ3) is 6.03. The predicted octanol–water partition coefficient (Wildman–Crippen LogP) is 1.57. The van der Waals surface area contributed by atoms with Crippen molar-refractivity contribution in [3.05, 3.63) is 53.5 Å². The summed E-state index contributed by atoms with van der Waals surface area (Å²) in [6.45, 7) is 2.47. The monoisotopic (exact) mass is 438 g/mol. The van der Waals surface area contributed by atoms with Crippen LogP contribution in [-0.2, 0) is 13.0 Å². The molecule has 2 aliphatic rings. The summed E-state index contributed by atoms with van der Waals surface area (Å²) in [6.07, 6.45) is 6.18. The van der Waals surface area contributed by atoms with E-state index in [9.17, 15) is 9.90 Å². The van der Waals surface area contributed by atoms with Crippen molar-refractivity contribution in [3.8, 4) is 0 Å². The second kappa shape index (κ2) is 10.8. The van der Waals surface area contributed by atoms with Gasteiger partial charge in [-0.05, 0) is 50.3 Å². The van der Waals surface area contributed by atoms with Crippen LogP contribution in [-0.4, -0.2) is 70.8 Å². The second-order valence-corrected chi connectivity index (χ2v) is 8.89. The van der Waals surface area contributed by atoms with Crippen molar-refractivity contribution < 1.29 is 9.90 Å². The van der Waals surface area contributed by atoms with E-state index in [1.165, 1.54) is 17.5 Å². The molecule has 0 bridgehead atoms. The SMILES string of the molecule is CN[C@H]1CC[C@H](Nc2cc(C(=O)NC[C@H](O)CN3CCc4ccccc4C3)ncn2)CC1. The number of carbonyl (C=O) groups excluding carboxylic acids is 1. The Labute approximate surface area is 189 Å². The van der Waals surface area contributed by atoms with Crippen LogP contribution in [0.15, 0.2) is 36.7 Å². The largest absolute Gasteiger partial charge is 0.390 e. The summed E-state index contributed by atoms with van der Waals surface area (Å²) in [7, 11) is 2.01. The summed E-state index contributed by atoms with van der Waals surface area (Å²) < 4.78 is 0. The highest BCUT2D eigenvalue weighted by Crippen LogP contribution is 2.21. The molecule has 1 aliphatic heterocycles. The van der Waals surface area contributed by atoms with Crippen molar-refractivity contribution in [1.82, 2.24) is 25.5 Å². The quantitative estimate of drug-likeness (QED) is 0.496. The van der Waals surface area contributed by atoms with Gasteiger partial charge in [0.25, 0.3) is 5.91 Å². The average Bonchev–Trinajstić information content (AvgIpc) is 2.83. The summed E-state index contributed by atoms with van der Waals surface area (Å²) >= 11 is 0. The van der Waals surface area contributed by atoms with Crippen molar-refractivity contribution in [2.45, 2.75) is 56.8 Å². The standard InChI is InChI=1S/C24H34N6O2/c1-25-19-6-8-20(9-7-19)29-23-12-22(27-16-28-23)24(32)26-13-21(31)15-30-11-10-17-4-2-3-5-18(17)14-30/h2-5,12,16,19-21,25,31H,6-11,13-15H2,1H3,(H,26,32)(H,27,28,29)/t19-,20-,21-/m0/s1. The first-order valence-electron chi connectivity index (χ1n) is 11.6. The number of nitrogens with one attached hydrogen (secondary N) is 3. The van der Waals surface area contributed by atoms with Gasteiger partial charge in [-0.15, -0.1) is 0 Å². The maximum atomic E-state index is 12.6. The summed E-state index contributed by atoms with van der Waals surface area (Å²) in [6, 6.07) is 11.1. The lowest BCUT2D eigenvalue weighted by Crippen LogP contribution is -2.42. The maximum absolute atomic E-state index is 12.6. The summed E-state index contributed by atoms with van der Waals surface area (Å²) in [5.74, 6) is 0.378. The number of rotatable bonds is 8. The van der Waals surface area contributed by atoms with Crippen molar-refractivity contribution in [2.75, 3.05) is 32.0 Å². The zero-order chi connectivity index (χ0) is 22.3. The van der Waals surface area contributed by atoms with Crippen molar-refractivity contribution in [1.29, 1.82) is 0 Å². The van der Waals surface area contributed by atoms with Crippen molar-refractivity contribution in [3.63, 3.8) is 0 Å². The first kappa shape index (κ1) is 22.6. The number of aliphatic hydroxyl groups is 1. The van der Waals surface area contributed by atoms with Crippen LogP contribution in [0.5, 0.6) is 0 Å². The van der Waals surface area contributed by atoms with E-state index < -0.39 is 6.10 Å². The lowest BCUT2D eigenvalue weighted by atomic mass is 9.91. The molecule has 2 heterocycles. The van der Waals surface area contributed by atoms with Crippen LogP contribution in [0, 0.1) is 0 Å². The predicted molar refractivity (Wildman–Crippen MR) is 125 cm³/mol. The van der Waals surface area contributed by atoms with Crippen molar-refractivity contribution >= 4 is 11.7 Å². The van der Waals surface area contributed by atoms with Gasteiger partial charge in [-0.1, -0.05) is 24.3 Å². The smallest absolute Gasteiger partial charge is 0.270 e. The molecule has 0 spiro atoms. The number of β-amino-alcohol motifs (C(OH)–C–C–N with tert-alkyl or cyclic N) is 1. The molecule has 1 fully saturated rings. The number of carbonyl (C=O) groups is 1. The van der Waals surface area contributed by atoms with E-state index in [0.717, 1.165) is 45.2 Å². The topological polar surface area (TPSA) is 102 Å². The van der Waals surface area contributed by atoms with Crippen LogP contribution in [0.25, 0.3) is 0 Å². The number of anilines is 1. The van der Waals surface area contributed by atoms with Crippen LogP contribution < -0.4 is 16.0 Å². The van der Waals surface area contributed by atoms with Gasteiger partial charge >= 0.3 is 0 Å². The molecule has 8 nitrogen and oxygen atoms in total. The number of hydrogen-bond acceptors (Lipinski definition) is 7. The van der Waals surface area contributed by atoms with Gasteiger partial charge in [0.1, 0.15) is 17.8 Å². The number of nitrogens with zero attached hydrogens (tertiary/aromatic N) is 3. The average molecular weight is 439 g/mol. The molecular weight excluding hydrogens is 404 g/mol. The van der Waals surface area contributed by atoms with Crippen LogP contribution in [0.1, 0.15) is 47.3 Å². The molecule has 0 saturated heterocycles. The molecule has 1 aliphatic carbocycles. The molecule has 32 heavy (non-hydrogen) atoms. The normalized spacial score (nSPS) is 22.1. The van der Waals surface area contributed by atoms with Crippen LogP contribution in [0.3, 0.4) is 0 Å². The minimum Gasteiger partial charge on any atom is -0.390 e. The van der Waals surface area contributed by atoms with Gasteiger partial charge in [0, 0.05) is 44.3 Å². The summed E-state index contributed by atoms with van der Waals surface area (Å²) in [4.78, 5) is 23.2. The molecule has 1 amide bonds. The zero-order valence-corrected chi connectivity index (χ0v) is 18.8. The van der Waals surface area contributed by atoms with Gasteiger partial charge in [-0.3, -0.25) is 9.69 Å². The lowest BCUT2D eigenvalue weighted by molar-refractivity contribution is 0.0838. The molecule has 1 aromatic carbocycles. The molecule has 4 N–H and O–H groups in total. The number of aromatic nitrogens is 2. The highest BCUT2D eigenvalue weighted by molar-refractivity contribution is 5.92. The van der Waals surface area contributed by atoms with E-state index in [0.29, 0.717) is 30.1 Å². The highest BCUT2D eigenvalue weighted by atomic mass is 16.3. The van der Waals surface area contributed by atoms with Gasteiger partial charge in [-0.2, -0.15) is 0 Å². The summed E-state index contributed by atoms with van der Waals surface area (Å²) in [5, 5.41) is 20.0. The van der Waals surface area contributed by atoms with E-state index in [1.54, 1.807) is 6.07 Å². The minimum atomic E-state index is -0.633. The van der Waals surface area contributed by atoms with Gasteiger partial charge in [0.05, 0.1) is 6.10 Å². The fourth-order valence-electron chi connectivity index (χ4n) is 4.67. The molecular formula is C24H34N6O2. The van der Waals surface area contributed by atoms with Crippen LogP contribution >= 0.6 is 0 Å². The highest BCUT2D eigenvalue weighted by Gasteiger charge is 2.21. The molecule has 1 saturated carbocycles. The maximum Gasteiger partial charge on any atom is 0.270 e. The number of aliphatic hydroxyl groups excluding tert-OH is 1. The van der Waals surface area contributed by atoms with Crippen molar-refractivity contribution in [2.24, 2.45) is 0 Å². The number of amides is 1. The molecule has 8 heteroatoms. The molecule has 1 atom stereocenters. The Hall–Kier alpha value is -2.55. The molecule has 172 valence electrons. The molecule has 2 aromatic rings. The fourth-order valence-corrected chi connectivity index (χ4v) is 4.67. The van der Waals surface area contributed by atoms with Crippen LogP contribution in [0.4, 0.5) is 5.82 Å². The van der Waals surface area contributed by atoms with Crippen LogP contribution in [0.2, 0.25) is 0 Å². The van der Waals surface area contributed by atoms with E-state index in [1.807, 2.05) is 7.05 Å². The van der Waals surface area contributed by atoms with Gasteiger partial charge < -0.3 is 21.1 Å². The Morgan fingerprint density at radius 2 is 1.91 bits per heavy atom. The minimum absolute atomic E-state index is 0.192. The third-order valence-electron chi connectivity index (χ3n) is 6.56. The summed E-state index contributed by atoms with van der Waals surface area (Å²) in [5.41, 5.74) is 3.01. The fraction of sp³-hybridized carbons (Fsp3) is 0.542.